The quantitative estimate of drug-likeness (QED) is 0.805. The second-order valence-electron chi connectivity index (χ2n) is 3.98. The van der Waals surface area contributed by atoms with E-state index in [-0.39, 0.29) is 0 Å². The Morgan fingerprint density at radius 2 is 2.21 bits per heavy atom. The third-order valence-corrected chi connectivity index (χ3v) is 2.84. The summed E-state index contributed by atoms with van der Waals surface area (Å²) < 4.78 is 10.6. The van der Waals surface area contributed by atoms with Gasteiger partial charge in [0.2, 0.25) is 0 Å². The lowest BCUT2D eigenvalue weighted by Crippen LogP contribution is -2.33. The first-order valence-corrected chi connectivity index (χ1v) is 6.32. The molecule has 1 atom stereocenters. The van der Waals surface area contributed by atoms with E-state index < -0.39 is 12.0 Å². The number of carboxylic acids is 1. The van der Waals surface area contributed by atoms with Gasteiger partial charge in [-0.15, -0.1) is 0 Å². The Morgan fingerprint density at radius 1 is 1.53 bits per heavy atom. The van der Waals surface area contributed by atoms with Crippen LogP contribution in [0.4, 0.5) is 0 Å². The van der Waals surface area contributed by atoms with E-state index in [0.29, 0.717) is 29.7 Å². The zero-order valence-electron chi connectivity index (χ0n) is 11.2. The number of rotatable bonds is 7. The first-order valence-electron chi connectivity index (χ1n) is 5.95. The van der Waals surface area contributed by atoms with E-state index in [1.54, 1.807) is 19.1 Å². The van der Waals surface area contributed by atoms with E-state index in [0.717, 1.165) is 5.56 Å². The van der Waals surface area contributed by atoms with E-state index in [4.69, 9.17) is 26.2 Å². The van der Waals surface area contributed by atoms with Crippen LogP contribution in [0.2, 0.25) is 5.02 Å². The molecule has 0 aromatic heterocycles. The number of carboxylic acid groups (broad SMARTS) is 1. The number of aliphatic carboxylic acids is 1. The highest BCUT2D eigenvalue weighted by Gasteiger charge is 2.13. The molecule has 0 spiro atoms. The lowest BCUT2D eigenvalue weighted by Gasteiger charge is -2.14. The van der Waals surface area contributed by atoms with Gasteiger partial charge in [0.1, 0.15) is 6.04 Å². The van der Waals surface area contributed by atoms with Crippen LogP contribution in [0, 0.1) is 0 Å². The largest absolute Gasteiger partial charge is 0.493 e. The molecule has 1 aromatic carbocycles. The van der Waals surface area contributed by atoms with Gasteiger partial charge in [0.05, 0.1) is 18.7 Å². The fourth-order valence-electron chi connectivity index (χ4n) is 1.52. The van der Waals surface area contributed by atoms with Gasteiger partial charge in [-0.3, -0.25) is 4.79 Å². The molecule has 0 saturated heterocycles. The number of methoxy groups -OCH3 is 1. The van der Waals surface area contributed by atoms with Crippen molar-refractivity contribution in [1.82, 2.24) is 5.32 Å². The van der Waals surface area contributed by atoms with Crippen molar-refractivity contribution in [2.45, 2.75) is 26.4 Å². The number of ether oxygens (including phenoxy) is 2. The van der Waals surface area contributed by atoms with Gasteiger partial charge in [0, 0.05) is 6.54 Å². The highest BCUT2D eigenvalue weighted by Crippen LogP contribution is 2.36. The number of benzene rings is 1. The number of hydrogen-bond donors (Lipinski definition) is 2. The summed E-state index contributed by atoms with van der Waals surface area (Å²) in [6, 6.07) is 2.88. The number of hydrogen-bond acceptors (Lipinski definition) is 4. The van der Waals surface area contributed by atoms with Crippen LogP contribution >= 0.6 is 11.6 Å². The van der Waals surface area contributed by atoms with Crippen molar-refractivity contribution in [3.63, 3.8) is 0 Å². The first kappa shape index (κ1) is 15.6. The Morgan fingerprint density at radius 3 is 2.74 bits per heavy atom. The molecule has 0 bridgehead atoms. The van der Waals surface area contributed by atoms with E-state index in [1.807, 2.05) is 6.92 Å². The second-order valence-corrected chi connectivity index (χ2v) is 4.39. The summed E-state index contributed by atoms with van der Waals surface area (Å²) in [6.07, 6.45) is 0. The molecule has 0 aliphatic rings. The van der Waals surface area contributed by atoms with Crippen molar-refractivity contribution in [1.29, 1.82) is 0 Å². The minimum absolute atomic E-state index is 0.385. The fraction of sp³-hybridized carbons (Fsp3) is 0.462. The maximum atomic E-state index is 10.7. The minimum atomic E-state index is -0.899. The van der Waals surface area contributed by atoms with Crippen LogP contribution in [0.25, 0.3) is 0 Å². The minimum Gasteiger partial charge on any atom is -0.493 e. The Bertz CT molecular complexity index is 451. The molecule has 0 amide bonds. The highest BCUT2D eigenvalue weighted by molar-refractivity contribution is 6.32. The molecular formula is C13H18ClNO4. The van der Waals surface area contributed by atoms with Crippen molar-refractivity contribution in [2.24, 2.45) is 0 Å². The van der Waals surface area contributed by atoms with Crippen LogP contribution in [0.3, 0.4) is 0 Å². The topological polar surface area (TPSA) is 67.8 Å². The predicted molar refractivity (Wildman–Crippen MR) is 73.1 cm³/mol. The maximum Gasteiger partial charge on any atom is 0.320 e. The lowest BCUT2D eigenvalue weighted by atomic mass is 10.2. The molecular weight excluding hydrogens is 270 g/mol. The average molecular weight is 288 g/mol. The zero-order chi connectivity index (χ0) is 14.4. The first-order chi connectivity index (χ1) is 8.99. The summed E-state index contributed by atoms with van der Waals surface area (Å²) in [7, 11) is 1.53. The van der Waals surface area contributed by atoms with Crippen LogP contribution in [0.5, 0.6) is 11.5 Å². The molecule has 19 heavy (non-hydrogen) atoms. The Kier molecular flexibility index (Phi) is 5.92. The molecule has 0 aliphatic carbocycles. The number of halogens is 1. The van der Waals surface area contributed by atoms with Crippen molar-refractivity contribution < 1.29 is 19.4 Å². The third-order valence-electron chi connectivity index (χ3n) is 2.56. The van der Waals surface area contributed by atoms with Crippen molar-refractivity contribution in [2.75, 3.05) is 13.7 Å². The maximum absolute atomic E-state index is 10.7. The molecule has 6 heteroatoms. The molecule has 0 unspecified atom stereocenters. The molecule has 0 fully saturated rings. The summed E-state index contributed by atoms with van der Waals surface area (Å²) in [6.45, 7) is 4.31. The second kappa shape index (κ2) is 7.21. The zero-order valence-corrected chi connectivity index (χ0v) is 12.0. The predicted octanol–water partition coefficient (Wildman–Crippen LogP) is 2.31. The summed E-state index contributed by atoms with van der Waals surface area (Å²) in [4.78, 5) is 10.7. The molecule has 2 N–H and O–H groups in total. The van der Waals surface area contributed by atoms with E-state index in [9.17, 15) is 4.79 Å². The van der Waals surface area contributed by atoms with Crippen LogP contribution in [-0.2, 0) is 11.3 Å². The van der Waals surface area contributed by atoms with Gasteiger partial charge >= 0.3 is 5.97 Å². The van der Waals surface area contributed by atoms with Gasteiger partial charge in [0.25, 0.3) is 0 Å². The standard InChI is InChI=1S/C13H18ClNO4/c1-4-19-12-10(14)5-9(6-11(12)18-3)7-15-8(2)13(16)17/h5-6,8,15H,4,7H2,1-3H3,(H,16,17)/t8-/m0/s1. The van der Waals surface area contributed by atoms with Gasteiger partial charge in [-0.1, -0.05) is 11.6 Å². The molecule has 0 radical (unpaired) electrons. The normalized spacial score (nSPS) is 12.0. The molecule has 0 saturated carbocycles. The van der Waals surface area contributed by atoms with Crippen LogP contribution in [0.15, 0.2) is 12.1 Å². The number of nitrogens with one attached hydrogen (secondary N) is 1. The number of carbonyl (C=O) groups is 1. The molecule has 0 heterocycles. The van der Waals surface area contributed by atoms with E-state index in [2.05, 4.69) is 5.32 Å². The Labute approximate surface area is 117 Å². The van der Waals surface area contributed by atoms with Crippen molar-refractivity contribution >= 4 is 17.6 Å². The summed E-state index contributed by atoms with van der Waals surface area (Å²) >= 11 is 6.12. The molecule has 0 aliphatic heterocycles. The summed E-state index contributed by atoms with van der Waals surface area (Å²) in [5, 5.41) is 12.1. The molecule has 106 valence electrons. The fourth-order valence-corrected chi connectivity index (χ4v) is 1.81. The van der Waals surface area contributed by atoms with Gasteiger partial charge < -0.3 is 19.9 Å². The van der Waals surface area contributed by atoms with Gasteiger partial charge in [-0.05, 0) is 31.5 Å². The summed E-state index contributed by atoms with van der Waals surface area (Å²) in [5.74, 6) is 0.139. The van der Waals surface area contributed by atoms with Crippen molar-refractivity contribution in [3.05, 3.63) is 22.7 Å². The highest BCUT2D eigenvalue weighted by atomic mass is 35.5. The van der Waals surface area contributed by atoms with Crippen molar-refractivity contribution in [3.8, 4) is 11.5 Å². The Hall–Kier alpha value is -1.46. The third kappa shape index (κ3) is 4.29. The molecule has 5 nitrogen and oxygen atoms in total. The molecule has 1 rings (SSSR count). The van der Waals surface area contributed by atoms with Gasteiger partial charge in [-0.2, -0.15) is 0 Å². The Balaban J connectivity index is 2.86. The van der Waals surface area contributed by atoms with Gasteiger partial charge in [-0.25, -0.2) is 0 Å². The lowest BCUT2D eigenvalue weighted by molar-refractivity contribution is -0.139. The smallest absolute Gasteiger partial charge is 0.320 e. The summed E-state index contributed by atoms with van der Waals surface area (Å²) in [5.41, 5.74) is 0.832. The van der Waals surface area contributed by atoms with E-state index >= 15 is 0 Å². The van der Waals surface area contributed by atoms with Crippen LogP contribution in [-0.4, -0.2) is 30.8 Å². The van der Waals surface area contributed by atoms with Crippen LogP contribution in [0.1, 0.15) is 19.4 Å². The average Bonchev–Trinajstić information content (AvgIpc) is 2.38. The molecule has 1 aromatic rings. The SMILES string of the molecule is CCOc1c(Cl)cc(CN[C@@H](C)C(=O)O)cc1OC. The van der Waals surface area contributed by atoms with Gasteiger partial charge in [0.15, 0.2) is 11.5 Å². The monoisotopic (exact) mass is 287 g/mol. The van der Waals surface area contributed by atoms with E-state index in [1.165, 1.54) is 7.11 Å². The van der Waals surface area contributed by atoms with Crippen LogP contribution < -0.4 is 14.8 Å².